The molecule has 3 amide bonds. The van der Waals surface area contributed by atoms with Crippen molar-refractivity contribution in [2.75, 3.05) is 18.8 Å². The predicted molar refractivity (Wildman–Crippen MR) is 175 cm³/mol. The summed E-state index contributed by atoms with van der Waals surface area (Å²) < 4.78 is 101. The zero-order chi connectivity index (χ0) is 38.1. The molecule has 0 saturated carbocycles. The normalized spacial score (nSPS) is 16.2. The van der Waals surface area contributed by atoms with Crippen LogP contribution in [0.4, 0.5) is 5.69 Å². The minimum atomic E-state index is -5.28. The van der Waals surface area contributed by atoms with Crippen LogP contribution in [0.2, 0.25) is 0 Å². The Morgan fingerprint density at radius 2 is 1.48 bits per heavy atom. The second kappa shape index (κ2) is 12.8. The summed E-state index contributed by atoms with van der Waals surface area (Å²) in [5.74, 6) is -4.53. The van der Waals surface area contributed by atoms with Crippen molar-refractivity contribution < 1.29 is 62.8 Å². The minimum Gasteiger partial charge on any atom is -0.453 e. The Bertz CT molecular complexity index is 2600. The van der Waals surface area contributed by atoms with Crippen LogP contribution in [0.25, 0.3) is 33.4 Å². The number of nitrogens with zero attached hydrogens (tertiary/aromatic N) is 2. The molecule has 2 saturated heterocycles. The SMILES string of the molecule is N=c1ccc2c(-c3cc(S(N)(=O)=O)ccc3C(=O)N3CCC(C(=O)ON4C(=O)CCC4=O)CC3)c3ccc(N)c(S(=O)(=O)O)c3oc-2c1S(=O)(=O)O. The molecule has 0 radical (unpaired) electrons. The largest absolute Gasteiger partial charge is 0.453 e. The van der Waals surface area contributed by atoms with E-state index in [-0.39, 0.29) is 66.4 Å². The molecular weight excluding hydrogens is 751 g/mol. The lowest BCUT2D eigenvalue weighted by Gasteiger charge is -2.32. The van der Waals surface area contributed by atoms with Crippen molar-refractivity contribution in [1.29, 1.82) is 5.41 Å². The number of carbonyl (C=O) groups excluding carboxylic acids is 4. The molecule has 0 aromatic heterocycles. The van der Waals surface area contributed by atoms with Crippen molar-refractivity contribution in [3.63, 3.8) is 0 Å². The minimum absolute atomic E-state index is 0.0302. The Morgan fingerprint density at radius 1 is 0.865 bits per heavy atom. The molecule has 2 fully saturated rings. The zero-order valence-corrected chi connectivity index (χ0v) is 28.9. The number of hydroxylamine groups is 2. The van der Waals surface area contributed by atoms with E-state index in [9.17, 15) is 53.5 Å². The Balaban J connectivity index is 1.53. The van der Waals surface area contributed by atoms with Crippen LogP contribution in [0.5, 0.6) is 0 Å². The maximum absolute atomic E-state index is 14.2. The van der Waals surface area contributed by atoms with Gasteiger partial charge >= 0.3 is 5.97 Å². The van der Waals surface area contributed by atoms with Gasteiger partial charge in [0.15, 0.2) is 21.1 Å². The molecular formula is C30H27N5O14S3. The van der Waals surface area contributed by atoms with E-state index in [1.807, 2.05) is 0 Å². The fourth-order valence-corrected chi connectivity index (χ4v) is 8.22. The molecule has 0 spiro atoms. The number of hydrogen-bond acceptors (Lipinski definition) is 14. The fraction of sp³-hybridized carbons (Fsp3) is 0.233. The van der Waals surface area contributed by atoms with Gasteiger partial charge in [-0.3, -0.25) is 28.9 Å². The molecule has 4 aliphatic rings. The highest BCUT2D eigenvalue weighted by atomic mass is 32.2. The van der Waals surface area contributed by atoms with Crippen LogP contribution in [0, 0.1) is 11.3 Å². The van der Waals surface area contributed by atoms with Crippen molar-refractivity contribution in [2.45, 2.75) is 40.4 Å². The number of primary sulfonamides is 1. The summed E-state index contributed by atoms with van der Waals surface area (Å²) in [6.45, 7) is -0.137. The molecule has 19 nitrogen and oxygen atoms in total. The number of imide groups is 1. The van der Waals surface area contributed by atoms with E-state index >= 15 is 0 Å². The van der Waals surface area contributed by atoms with Gasteiger partial charge in [0, 0.05) is 48.0 Å². The van der Waals surface area contributed by atoms with E-state index < -0.39 is 96.9 Å². The molecule has 22 heteroatoms. The molecule has 52 heavy (non-hydrogen) atoms. The van der Waals surface area contributed by atoms with Gasteiger partial charge in [-0.15, -0.1) is 5.06 Å². The lowest BCUT2D eigenvalue weighted by molar-refractivity contribution is -0.201. The third-order valence-electron chi connectivity index (χ3n) is 8.64. The molecule has 274 valence electrons. The van der Waals surface area contributed by atoms with Crippen molar-refractivity contribution in [3.8, 4) is 22.5 Å². The summed E-state index contributed by atoms with van der Waals surface area (Å²) in [5.41, 5.74) is 3.56. The van der Waals surface area contributed by atoms with Gasteiger partial charge in [0.25, 0.3) is 38.0 Å². The Morgan fingerprint density at radius 3 is 2.06 bits per heavy atom. The van der Waals surface area contributed by atoms with Gasteiger partial charge < -0.3 is 19.9 Å². The van der Waals surface area contributed by atoms with Crippen LogP contribution in [0.1, 0.15) is 36.0 Å². The maximum atomic E-state index is 14.2. The highest BCUT2D eigenvalue weighted by Crippen LogP contribution is 2.46. The maximum Gasteiger partial charge on any atom is 0.336 e. The highest BCUT2D eigenvalue weighted by molar-refractivity contribution is 7.89. The predicted octanol–water partition coefficient (Wildman–Crippen LogP) is 0.866. The summed E-state index contributed by atoms with van der Waals surface area (Å²) in [5, 5.41) is 13.0. The molecule has 6 rings (SSSR count). The van der Waals surface area contributed by atoms with Crippen LogP contribution >= 0.6 is 0 Å². The summed E-state index contributed by atoms with van der Waals surface area (Å²) >= 11 is 0. The van der Waals surface area contributed by atoms with Crippen molar-refractivity contribution in [1.82, 2.24) is 9.96 Å². The van der Waals surface area contributed by atoms with Crippen molar-refractivity contribution >= 4 is 70.6 Å². The second-order valence-electron chi connectivity index (χ2n) is 11.9. The average molecular weight is 778 g/mol. The summed E-state index contributed by atoms with van der Waals surface area (Å²) in [6, 6.07) is 7.45. The fourth-order valence-electron chi connectivity index (χ4n) is 6.20. The number of piperidine rings is 1. The van der Waals surface area contributed by atoms with Crippen molar-refractivity contribution in [3.05, 3.63) is 53.4 Å². The van der Waals surface area contributed by atoms with Gasteiger partial charge in [-0.05, 0) is 60.9 Å². The summed E-state index contributed by atoms with van der Waals surface area (Å²) in [4.78, 5) is 54.4. The number of nitrogen functional groups attached to an aromatic ring is 1. The van der Waals surface area contributed by atoms with E-state index in [0.29, 0.717) is 5.06 Å². The Kier molecular flexibility index (Phi) is 8.96. The van der Waals surface area contributed by atoms with E-state index in [2.05, 4.69) is 0 Å². The molecule has 0 atom stereocenters. The zero-order valence-electron chi connectivity index (χ0n) is 26.4. The number of anilines is 1. The molecule has 0 bridgehead atoms. The van der Waals surface area contributed by atoms with Crippen LogP contribution in [0.3, 0.4) is 0 Å². The molecule has 0 unspecified atom stereocenters. The number of nitrogens with two attached hydrogens (primary N) is 2. The first-order valence-corrected chi connectivity index (χ1v) is 19.5. The lowest BCUT2D eigenvalue weighted by Crippen LogP contribution is -2.42. The number of hydrogen-bond donors (Lipinski definition) is 5. The quantitative estimate of drug-likeness (QED) is 0.0752. The standard InChI is InChI=1S/C30H27N5O14S3/c31-20-5-3-17-24(18-4-6-21(32)28(52(45,46)47)26(18)48-25(17)27(20)51(42,43)44)19-13-15(50(33,40)41)1-2-16(19)29(38)34-11-9-14(10-12-34)30(39)49-35-22(36)7-8-23(35)37/h1-6,13-14,31H,7-12,32H2,(H2,33,40,41)(H,42,43,44)(H,45,46,47). The Hall–Kier alpha value is -5.26. The number of sulfonamides is 1. The summed E-state index contributed by atoms with van der Waals surface area (Å²) in [7, 11) is -15.0. The van der Waals surface area contributed by atoms with Gasteiger partial charge in [-0.25, -0.2) is 18.4 Å². The third-order valence-corrected chi connectivity index (χ3v) is 11.4. The van der Waals surface area contributed by atoms with E-state index in [1.54, 1.807) is 0 Å². The van der Waals surface area contributed by atoms with Gasteiger partial charge in [-0.1, -0.05) is 0 Å². The monoisotopic (exact) mass is 777 g/mol. The highest BCUT2D eigenvalue weighted by Gasteiger charge is 2.38. The van der Waals surface area contributed by atoms with E-state index in [1.165, 1.54) is 11.0 Å². The van der Waals surface area contributed by atoms with Gasteiger partial charge in [0.05, 0.1) is 21.9 Å². The van der Waals surface area contributed by atoms with Crippen LogP contribution in [-0.4, -0.2) is 81.1 Å². The number of carbonyl (C=O) groups is 4. The van der Waals surface area contributed by atoms with Crippen LogP contribution in [0.15, 0.2) is 61.6 Å². The smallest absolute Gasteiger partial charge is 0.336 e. The van der Waals surface area contributed by atoms with Crippen LogP contribution < -0.4 is 16.2 Å². The molecule has 3 aliphatic heterocycles. The van der Waals surface area contributed by atoms with E-state index in [0.717, 1.165) is 36.4 Å². The van der Waals surface area contributed by atoms with Crippen molar-refractivity contribution in [2.24, 2.45) is 11.1 Å². The van der Waals surface area contributed by atoms with Gasteiger partial charge in [0.1, 0.15) is 0 Å². The third kappa shape index (κ3) is 6.50. The number of benzene rings is 3. The molecule has 1 aliphatic carbocycles. The van der Waals surface area contributed by atoms with Crippen LogP contribution in [-0.2, 0) is 49.5 Å². The Labute approximate surface area is 294 Å². The number of rotatable bonds is 7. The molecule has 3 heterocycles. The second-order valence-corrected chi connectivity index (χ2v) is 16.2. The van der Waals surface area contributed by atoms with E-state index in [4.69, 9.17) is 25.5 Å². The lowest BCUT2D eigenvalue weighted by atomic mass is 9.89. The topological polar surface area (TPSA) is 316 Å². The number of amides is 3. The number of nitrogens with one attached hydrogen (secondary N) is 1. The average Bonchev–Trinajstić information content (AvgIpc) is 3.37. The number of fused-ring (bicyclic) bond motifs is 2. The molecule has 7 N–H and O–H groups in total. The van der Waals surface area contributed by atoms with Gasteiger partial charge in [0.2, 0.25) is 10.0 Å². The first-order valence-electron chi connectivity index (χ1n) is 15.0. The molecule has 2 aromatic carbocycles. The number of likely N-dealkylation sites (tertiary alicyclic amines) is 1. The molecule has 2 aromatic rings. The van der Waals surface area contributed by atoms with Gasteiger partial charge in [-0.2, -0.15) is 16.8 Å². The summed E-state index contributed by atoms with van der Waals surface area (Å²) in [6.07, 6.45) is -0.139. The first kappa shape index (κ1) is 36.5. The first-order chi connectivity index (χ1) is 24.2.